The van der Waals surface area contributed by atoms with Crippen LogP contribution in [0, 0.1) is 22.2 Å². The summed E-state index contributed by atoms with van der Waals surface area (Å²) in [6.07, 6.45) is 8.13. The molecule has 0 saturated heterocycles. The van der Waals surface area contributed by atoms with Crippen molar-refractivity contribution in [3.05, 3.63) is 0 Å². The number of rotatable bonds is 4. The SMILES string of the molecule is CCC(C)(CCl)NC(=O)C12CC3CC(C)(CC(C)(C3)C1)C2. The van der Waals surface area contributed by atoms with Gasteiger partial charge in [-0.3, -0.25) is 4.79 Å². The average molecular weight is 312 g/mol. The van der Waals surface area contributed by atoms with E-state index in [0.717, 1.165) is 31.6 Å². The maximum Gasteiger partial charge on any atom is 0.226 e. The zero-order valence-electron chi connectivity index (χ0n) is 14.0. The zero-order valence-corrected chi connectivity index (χ0v) is 14.8. The Balaban J connectivity index is 1.86. The second-order valence-corrected chi connectivity index (χ2v) is 9.68. The van der Waals surface area contributed by atoms with E-state index in [4.69, 9.17) is 11.6 Å². The molecule has 0 aromatic heterocycles. The van der Waals surface area contributed by atoms with Crippen LogP contribution in [-0.4, -0.2) is 17.3 Å². The van der Waals surface area contributed by atoms with Gasteiger partial charge >= 0.3 is 0 Å². The van der Waals surface area contributed by atoms with Crippen molar-refractivity contribution in [2.75, 3.05) is 5.88 Å². The van der Waals surface area contributed by atoms with Crippen molar-refractivity contribution in [1.29, 1.82) is 0 Å². The number of hydrogen-bond acceptors (Lipinski definition) is 1. The Morgan fingerprint density at radius 1 is 1.19 bits per heavy atom. The molecule has 0 spiro atoms. The summed E-state index contributed by atoms with van der Waals surface area (Å²) >= 11 is 6.10. The molecule has 4 rings (SSSR count). The summed E-state index contributed by atoms with van der Waals surface area (Å²) in [6, 6.07) is 0. The standard InChI is InChI=1S/C18H30ClNO/c1-5-17(4,12-19)20-14(21)18-8-13-6-15(2,10-18)9-16(3,7-13)11-18/h13H,5-12H2,1-4H3,(H,20,21). The highest BCUT2D eigenvalue weighted by Gasteiger charge is 2.62. The molecule has 4 bridgehead atoms. The third-order valence-electron chi connectivity index (χ3n) is 6.60. The molecule has 3 atom stereocenters. The summed E-state index contributed by atoms with van der Waals surface area (Å²) in [7, 11) is 0. The number of amides is 1. The Labute approximate surface area is 134 Å². The molecule has 0 aromatic rings. The highest BCUT2D eigenvalue weighted by atomic mass is 35.5. The van der Waals surface area contributed by atoms with Crippen molar-refractivity contribution in [1.82, 2.24) is 5.32 Å². The molecule has 0 aromatic carbocycles. The minimum absolute atomic E-state index is 0.120. The molecule has 3 heteroatoms. The van der Waals surface area contributed by atoms with Crippen LogP contribution in [0.25, 0.3) is 0 Å². The van der Waals surface area contributed by atoms with Gasteiger partial charge in [-0.1, -0.05) is 20.8 Å². The van der Waals surface area contributed by atoms with Gasteiger partial charge < -0.3 is 5.32 Å². The quantitative estimate of drug-likeness (QED) is 0.761. The third-order valence-corrected chi connectivity index (χ3v) is 7.19. The lowest BCUT2D eigenvalue weighted by molar-refractivity contribution is -0.171. The van der Waals surface area contributed by atoms with E-state index in [1.807, 2.05) is 0 Å². The van der Waals surface area contributed by atoms with E-state index in [1.165, 1.54) is 19.3 Å². The fourth-order valence-corrected chi connectivity index (χ4v) is 6.58. The van der Waals surface area contributed by atoms with Crippen molar-refractivity contribution in [3.63, 3.8) is 0 Å². The predicted molar refractivity (Wildman–Crippen MR) is 87.4 cm³/mol. The number of halogens is 1. The maximum absolute atomic E-state index is 13.1. The third kappa shape index (κ3) is 2.52. The van der Waals surface area contributed by atoms with Gasteiger partial charge in [0.15, 0.2) is 0 Å². The Kier molecular flexibility index (Phi) is 3.45. The lowest BCUT2D eigenvalue weighted by Crippen LogP contribution is -2.62. The molecule has 1 amide bonds. The van der Waals surface area contributed by atoms with Crippen LogP contribution in [0.5, 0.6) is 0 Å². The highest BCUT2D eigenvalue weighted by Crippen LogP contribution is 2.69. The van der Waals surface area contributed by atoms with Crippen molar-refractivity contribution >= 4 is 17.5 Å². The van der Waals surface area contributed by atoms with Gasteiger partial charge in [-0.15, -0.1) is 11.6 Å². The average Bonchev–Trinajstić information content (AvgIpc) is 2.34. The van der Waals surface area contributed by atoms with Crippen LogP contribution in [-0.2, 0) is 4.79 Å². The van der Waals surface area contributed by atoms with Crippen molar-refractivity contribution in [3.8, 4) is 0 Å². The molecular formula is C18H30ClNO. The lowest BCUT2D eigenvalue weighted by Gasteiger charge is -2.64. The van der Waals surface area contributed by atoms with Gasteiger partial charge in [0.05, 0.1) is 11.0 Å². The van der Waals surface area contributed by atoms with E-state index < -0.39 is 0 Å². The number of carbonyl (C=O) groups excluding carboxylic acids is 1. The van der Waals surface area contributed by atoms with Gasteiger partial charge in [-0.2, -0.15) is 0 Å². The monoisotopic (exact) mass is 311 g/mol. The van der Waals surface area contributed by atoms with Gasteiger partial charge in [0.25, 0.3) is 0 Å². The topological polar surface area (TPSA) is 29.1 Å². The largest absolute Gasteiger partial charge is 0.349 e. The molecule has 4 fully saturated rings. The molecular weight excluding hydrogens is 282 g/mol. The van der Waals surface area contributed by atoms with Crippen molar-refractivity contribution in [2.24, 2.45) is 22.2 Å². The van der Waals surface area contributed by atoms with E-state index in [1.54, 1.807) is 0 Å². The second-order valence-electron chi connectivity index (χ2n) is 9.41. The minimum atomic E-state index is -0.260. The summed E-state index contributed by atoms with van der Waals surface area (Å²) in [6.45, 7) is 9.00. The Morgan fingerprint density at radius 3 is 2.19 bits per heavy atom. The first-order valence-electron chi connectivity index (χ1n) is 8.54. The fraction of sp³-hybridized carbons (Fsp3) is 0.944. The summed E-state index contributed by atoms with van der Waals surface area (Å²) in [5.41, 5.74) is 0.388. The number of nitrogens with one attached hydrogen (secondary N) is 1. The van der Waals surface area contributed by atoms with Gasteiger partial charge in [0.1, 0.15) is 0 Å². The van der Waals surface area contributed by atoms with E-state index in [9.17, 15) is 4.79 Å². The Bertz CT molecular complexity index is 438. The van der Waals surface area contributed by atoms with Crippen LogP contribution in [0.1, 0.15) is 72.6 Å². The van der Waals surface area contributed by atoms with E-state index in [0.29, 0.717) is 16.7 Å². The molecule has 4 saturated carbocycles. The van der Waals surface area contributed by atoms with Gasteiger partial charge in [0, 0.05) is 5.88 Å². The van der Waals surface area contributed by atoms with Gasteiger partial charge in [-0.25, -0.2) is 0 Å². The maximum atomic E-state index is 13.1. The number of alkyl halides is 1. The fourth-order valence-electron chi connectivity index (χ4n) is 6.32. The van der Waals surface area contributed by atoms with Crippen molar-refractivity contribution < 1.29 is 4.79 Å². The molecule has 3 unspecified atom stereocenters. The summed E-state index contributed by atoms with van der Waals surface area (Å²) < 4.78 is 0. The Hall–Kier alpha value is -0.240. The number of hydrogen-bond donors (Lipinski definition) is 1. The lowest BCUT2D eigenvalue weighted by atomic mass is 9.40. The smallest absolute Gasteiger partial charge is 0.226 e. The predicted octanol–water partition coefficient (Wildman–Crippen LogP) is 4.51. The first-order chi connectivity index (χ1) is 9.66. The van der Waals surface area contributed by atoms with Crippen LogP contribution < -0.4 is 5.32 Å². The highest BCUT2D eigenvalue weighted by molar-refractivity contribution is 6.18. The summed E-state index contributed by atoms with van der Waals surface area (Å²) in [4.78, 5) is 13.1. The number of carbonyl (C=O) groups is 1. The van der Waals surface area contributed by atoms with Crippen LogP contribution in [0.2, 0.25) is 0 Å². The van der Waals surface area contributed by atoms with E-state index >= 15 is 0 Å². The normalized spacial score (nSPS) is 47.2. The van der Waals surface area contributed by atoms with Gasteiger partial charge in [0.2, 0.25) is 5.91 Å². The molecule has 0 aliphatic heterocycles. The Morgan fingerprint density at radius 2 is 1.76 bits per heavy atom. The first kappa shape index (κ1) is 15.6. The van der Waals surface area contributed by atoms with E-state index in [2.05, 4.69) is 33.0 Å². The molecule has 4 aliphatic carbocycles. The van der Waals surface area contributed by atoms with Crippen LogP contribution in [0.15, 0.2) is 0 Å². The molecule has 1 N–H and O–H groups in total. The summed E-state index contributed by atoms with van der Waals surface area (Å²) in [5.74, 6) is 1.53. The summed E-state index contributed by atoms with van der Waals surface area (Å²) in [5, 5.41) is 3.31. The van der Waals surface area contributed by atoms with Gasteiger partial charge in [-0.05, 0) is 68.6 Å². The first-order valence-corrected chi connectivity index (χ1v) is 9.08. The molecule has 0 radical (unpaired) electrons. The second kappa shape index (κ2) is 4.63. The zero-order chi connectivity index (χ0) is 15.5. The molecule has 4 aliphatic rings. The molecule has 0 heterocycles. The molecule has 120 valence electrons. The minimum Gasteiger partial charge on any atom is -0.349 e. The van der Waals surface area contributed by atoms with Crippen LogP contribution in [0.4, 0.5) is 0 Å². The van der Waals surface area contributed by atoms with Crippen LogP contribution >= 0.6 is 11.6 Å². The molecule has 2 nitrogen and oxygen atoms in total. The van der Waals surface area contributed by atoms with Crippen molar-refractivity contribution in [2.45, 2.75) is 78.2 Å². The van der Waals surface area contributed by atoms with Crippen LogP contribution in [0.3, 0.4) is 0 Å². The van der Waals surface area contributed by atoms with E-state index in [-0.39, 0.29) is 16.9 Å². The molecule has 21 heavy (non-hydrogen) atoms.